The van der Waals surface area contributed by atoms with Gasteiger partial charge in [0.15, 0.2) is 0 Å². The molecule has 0 aliphatic rings. The molecule has 0 bridgehead atoms. The first kappa shape index (κ1) is 16.3. The van der Waals surface area contributed by atoms with Crippen molar-refractivity contribution in [3.63, 3.8) is 0 Å². The molecule has 1 rings (SSSR count). The highest BCUT2D eigenvalue weighted by molar-refractivity contribution is 7.90. The third-order valence-corrected chi connectivity index (χ3v) is 4.37. The van der Waals surface area contributed by atoms with Crippen molar-refractivity contribution in [3.05, 3.63) is 10.4 Å². The smallest absolute Gasteiger partial charge is 0.350 e. The Morgan fingerprint density at radius 3 is 2.70 bits per heavy atom. The molecule has 0 fully saturated rings. The molecule has 0 radical (unpaired) electrons. The van der Waals surface area contributed by atoms with Crippen LogP contribution in [0.1, 0.15) is 22.2 Å². The lowest BCUT2D eigenvalue weighted by Gasteiger charge is -2.02. The van der Waals surface area contributed by atoms with E-state index in [1.807, 2.05) is 6.07 Å². The predicted octanol–water partition coefficient (Wildman–Crippen LogP) is 0.835. The number of rotatable bonds is 6. The molecule has 0 spiro atoms. The summed E-state index contributed by atoms with van der Waals surface area (Å²) in [5, 5.41) is 12.2. The second-order valence-electron chi connectivity index (χ2n) is 3.94. The number of carbonyl (C=O) groups excluding carboxylic acids is 1. The molecule has 0 amide bonds. The Bertz CT molecular complexity index is 643. The summed E-state index contributed by atoms with van der Waals surface area (Å²) in [6.07, 6.45) is 1.12. The Kier molecular flexibility index (Phi) is 5.35. The number of nitrogens with two attached hydrogens (primary N) is 1. The first-order chi connectivity index (χ1) is 9.30. The molecule has 0 saturated heterocycles. The van der Waals surface area contributed by atoms with Gasteiger partial charge in [-0.15, -0.1) is 11.3 Å². The van der Waals surface area contributed by atoms with E-state index in [4.69, 9.17) is 15.7 Å². The van der Waals surface area contributed by atoms with Crippen LogP contribution >= 0.6 is 11.3 Å². The molecule has 3 N–H and O–H groups in total. The van der Waals surface area contributed by atoms with Crippen LogP contribution in [0.15, 0.2) is 0 Å². The molecule has 1 heterocycles. The summed E-state index contributed by atoms with van der Waals surface area (Å²) in [5.74, 6) is -0.674. The highest BCUT2D eigenvalue weighted by atomic mass is 32.2. The second-order valence-corrected chi connectivity index (χ2v) is 7.22. The molecule has 0 unspecified atom stereocenters. The van der Waals surface area contributed by atoms with Gasteiger partial charge in [0, 0.05) is 12.8 Å². The number of sulfone groups is 1. The Balaban J connectivity index is 2.95. The van der Waals surface area contributed by atoms with Crippen LogP contribution in [0.4, 0.5) is 10.7 Å². The van der Waals surface area contributed by atoms with E-state index in [1.54, 1.807) is 6.92 Å². The normalized spacial score (nSPS) is 10.8. The van der Waals surface area contributed by atoms with Crippen molar-refractivity contribution in [2.75, 3.05) is 36.2 Å². The van der Waals surface area contributed by atoms with E-state index in [0.29, 0.717) is 5.00 Å². The number of nitriles is 1. The van der Waals surface area contributed by atoms with Crippen LogP contribution < -0.4 is 11.1 Å². The van der Waals surface area contributed by atoms with E-state index in [9.17, 15) is 13.2 Å². The maximum absolute atomic E-state index is 11.7. The fourth-order valence-electron chi connectivity index (χ4n) is 1.38. The monoisotopic (exact) mass is 317 g/mol. The summed E-state index contributed by atoms with van der Waals surface area (Å²) in [6, 6.07) is 1.89. The van der Waals surface area contributed by atoms with Gasteiger partial charge in [-0.2, -0.15) is 5.26 Å². The fraction of sp³-hybridized carbons (Fsp3) is 0.455. The van der Waals surface area contributed by atoms with Crippen molar-refractivity contribution in [3.8, 4) is 6.07 Å². The highest BCUT2D eigenvalue weighted by Gasteiger charge is 2.21. The van der Waals surface area contributed by atoms with Crippen molar-refractivity contribution >= 4 is 37.8 Å². The molecular formula is C11H15N3O4S2. The molecule has 1 aromatic rings. The lowest BCUT2D eigenvalue weighted by Crippen LogP contribution is -2.13. The largest absolute Gasteiger partial charge is 0.462 e. The number of nitrogen functional groups attached to an aromatic ring is 1. The minimum Gasteiger partial charge on any atom is -0.462 e. The van der Waals surface area contributed by atoms with Gasteiger partial charge < -0.3 is 15.8 Å². The van der Waals surface area contributed by atoms with Gasteiger partial charge in [0.05, 0.1) is 18.0 Å². The molecule has 20 heavy (non-hydrogen) atoms. The molecule has 1 aromatic heterocycles. The maximum Gasteiger partial charge on any atom is 0.350 e. The summed E-state index contributed by atoms with van der Waals surface area (Å²) in [4.78, 5) is 11.8. The van der Waals surface area contributed by atoms with Crippen LogP contribution in [0.25, 0.3) is 0 Å². The molecular weight excluding hydrogens is 302 g/mol. The summed E-state index contributed by atoms with van der Waals surface area (Å²) in [7, 11) is -3.11. The minimum absolute atomic E-state index is 0.0535. The van der Waals surface area contributed by atoms with Crippen LogP contribution in [0.5, 0.6) is 0 Å². The second kappa shape index (κ2) is 6.58. The van der Waals surface area contributed by atoms with Crippen LogP contribution in [0, 0.1) is 11.3 Å². The Morgan fingerprint density at radius 1 is 1.55 bits per heavy atom. The molecule has 0 aliphatic carbocycles. The SMILES string of the molecule is CCOC(=O)c1sc(NCCS(C)(=O)=O)c(C#N)c1N. The number of carbonyl (C=O) groups is 1. The number of hydrogen-bond donors (Lipinski definition) is 2. The third-order valence-electron chi connectivity index (χ3n) is 2.28. The van der Waals surface area contributed by atoms with E-state index in [-0.39, 0.29) is 35.0 Å². The van der Waals surface area contributed by atoms with Crippen molar-refractivity contribution in [1.29, 1.82) is 5.26 Å². The minimum atomic E-state index is -3.11. The highest BCUT2D eigenvalue weighted by Crippen LogP contribution is 2.35. The fourth-order valence-corrected chi connectivity index (χ4v) is 2.84. The van der Waals surface area contributed by atoms with Crippen LogP contribution in [0.3, 0.4) is 0 Å². The Hall–Kier alpha value is -1.79. The van der Waals surface area contributed by atoms with Gasteiger partial charge in [-0.05, 0) is 6.92 Å². The van der Waals surface area contributed by atoms with Gasteiger partial charge in [-0.25, -0.2) is 13.2 Å². The van der Waals surface area contributed by atoms with Gasteiger partial charge in [0.2, 0.25) is 0 Å². The van der Waals surface area contributed by atoms with Crippen LogP contribution in [-0.4, -0.2) is 39.5 Å². The number of anilines is 2. The van der Waals surface area contributed by atoms with Crippen LogP contribution in [-0.2, 0) is 14.6 Å². The first-order valence-corrected chi connectivity index (χ1v) is 8.59. The summed E-state index contributed by atoms with van der Waals surface area (Å²) >= 11 is 0.981. The van der Waals surface area contributed by atoms with Crippen LogP contribution in [0.2, 0.25) is 0 Å². The number of hydrogen-bond acceptors (Lipinski definition) is 8. The number of nitrogens with zero attached hydrogens (tertiary/aromatic N) is 1. The van der Waals surface area contributed by atoms with Gasteiger partial charge in [0.1, 0.15) is 31.3 Å². The van der Waals surface area contributed by atoms with Crippen molar-refractivity contribution in [1.82, 2.24) is 0 Å². The summed E-state index contributed by atoms with van der Waals surface area (Å²) in [5.41, 5.74) is 5.92. The third kappa shape index (κ3) is 4.11. The molecule has 9 heteroatoms. The zero-order chi connectivity index (χ0) is 15.3. The Labute approximate surface area is 121 Å². The lowest BCUT2D eigenvalue weighted by molar-refractivity contribution is 0.0533. The van der Waals surface area contributed by atoms with Crippen molar-refractivity contribution in [2.45, 2.75) is 6.92 Å². The summed E-state index contributed by atoms with van der Waals surface area (Å²) in [6.45, 7) is 2.00. The number of nitrogens with one attached hydrogen (secondary N) is 1. The molecule has 0 aliphatic heterocycles. The lowest BCUT2D eigenvalue weighted by atomic mass is 10.2. The van der Waals surface area contributed by atoms with Crippen molar-refractivity contribution in [2.24, 2.45) is 0 Å². The number of ether oxygens (including phenoxy) is 1. The Morgan fingerprint density at radius 2 is 2.20 bits per heavy atom. The van der Waals surface area contributed by atoms with Gasteiger partial charge in [0.25, 0.3) is 0 Å². The molecule has 110 valence electrons. The quantitative estimate of drug-likeness (QED) is 0.745. The number of esters is 1. The predicted molar refractivity (Wildman–Crippen MR) is 77.6 cm³/mol. The zero-order valence-electron chi connectivity index (χ0n) is 11.1. The molecule has 0 aromatic carbocycles. The zero-order valence-corrected chi connectivity index (χ0v) is 12.7. The van der Waals surface area contributed by atoms with E-state index in [1.165, 1.54) is 0 Å². The van der Waals surface area contributed by atoms with E-state index in [2.05, 4.69) is 5.32 Å². The first-order valence-electron chi connectivity index (χ1n) is 5.71. The maximum atomic E-state index is 11.7. The molecule has 0 saturated carbocycles. The van der Waals surface area contributed by atoms with E-state index < -0.39 is 15.8 Å². The van der Waals surface area contributed by atoms with E-state index in [0.717, 1.165) is 17.6 Å². The van der Waals surface area contributed by atoms with Crippen molar-refractivity contribution < 1.29 is 17.9 Å². The standard InChI is InChI=1S/C11H15N3O4S2/c1-3-18-11(15)9-8(13)7(6-12)10(19-9)14-4-5-20(2,16)17/h14H,3-5,13H2,1-2H3. The van der Waals surface area contributed by atoms with E-state index >= 15 is 0 Å². The molecule has 0 atom stereocenters. The average Bonchev–Trinajstić information content (AvgIpc) is 2.64. The average molecular weight is 317 g/mol. The summed E-state index contributed by atoms with van der Waals surface area (Å²) < 4.78 is 26.9. The van der Waals surface area contributed by atoms with Gasteiger partial charge in [-0.3, -0.25) is 0 Å². The van der Waals surface area contributed by atoms with Gasteiger partial charge >= 0.3 is 5.97 Å². The van der Waals surface area contributed by atoms with Gasteiger partial charge in [-0.1, -0.05) is 0 Å². The molecule has 7 nitrogen and oxygen atoms in total. The number of thiophene rings is 1. The topological polar surface area (TPSA) is 122 Å².